The van der Waals surface area contributed by atoms with Gasteiger partial charge in [-0.25, -0.2) is 0 Å². The SMILES string of the molecule is Cc1ccc(C(N)C2CSC2)nc1. The van der Waals surface area contributed by atoms with Crippen LogP contribution in [0.15, 0.2) is 18.3 Å². The number of nitrogens with two attached hydrogens (primary N) is 1. The molecule has 1 atom stereocenters. The van der Waals surface area contributed by atoms with E-state index in [0.29, 0.717) is 5.92 Å². The molecular formula is C10H14N2S. The first-order chi connectivity index (χ1) is 6.27. The summed E-state index contributed by atoms with van der Waals surface area (Å²) >= 11 is 1.96. The number of aromatic nitrogens is 1. The van der Waals surface area contributed by atoms with Crippen molar-refractivity contribution in [2.24, 2.45) is 11.7 Å². The van der Waals surface area contributed by atoms with Crippen LogP contribution >= 0.6 is 11.8 Å². The molecule has 2 N–H and O–H groups in total. The van der Waals surface area contributed by atoms with Gasteiger partial charge < -0.3 is 5.73 Å². The monoisotopic (exact) mass is 194 g/mol. The lowest BCUT2D eigenvalue weighted by atomic mass is 10.00. The van der Waals surface area contributed by atoms with Crippen molar-refractivity contribution in [3.63, 3.8) is 0 Å². The van der Waals surface area contributed by atoms with Crippen LogP contribution in [0.2, 0.25) is 0 Å². The quantitative estimate of drug-likeness (QED) is 0.779. The van der Waals surface area contributed by atoms with Gasteiger partial charge in [-0.3, -0.25) is 4.98 Å². The molecule has 0 radical (unpaired) electrons. The summed E-state index contributed by atoms with van der Waals surface area (Å²) in [5, 5.41) is 0. The summed E-state index contributed by atoms with van der Waals surface area (Å²) < 4.78 is 0. The molecule has 2 heterocycles. The third kappa shape index (κ3) is 1.86. The fraction of sp³-hybridized carbons (Fsp3) is 0.500. The molecule has 0 spiro atoms. The Kier molecular flexibility index (Phi) is 2.56. The number of pyridine rings is 1. The predicted octanol–water partition coefficient (Wildman–Crippen LogP) is 1.75. The fourth-order valence-electron chi connectivity index (χ4n) is 1.38. The maximum atomic E-state index is 6.07. The predicted molar refractivity (Wildman–Crippen MR) is 56.7 cm³/mol. The van der Waals surface area contributed by atoms with Crippen LogP contribution in [0, 0.1) is 12.8 Å². The van der Waals surface area contributed by atoms with Gasteiger partial charge in [0.15, 0.2) is 0 Å². The molecule has 1 saturated heterocycles. The van der Waals surface area contributed by atoms with E-state index in [-0.39, 0.29) is 6.04 Å². The number of hydrogen-bond donors (Lipinski definition) is 1. The largest absolute Gasteiger partial charge is 0.322 e. The third-order valence-electron chi connectivity index (χ3n) is 2.45. The molecule has 0 aliphatic carbocycles. The van der Waals surface area contributed by atoms with E-state index in [0.717, 1.165) is 5.69 Å². The average molecular weight is 194 g/mol. The maximum absolute atomic E-state index is 6.07. The zero-order valence-corrected chi connectivity index (χ0v) is 8.55. The number of rotatable bonds is 2. The summed E-state index contributed by atoms with van der Waals surface area (Å²) in [6.07, 6.45) is 1.89. The van der Waals surface area contributed by atoms with Crippen LogP contribution in [0.1, 0.15) is 17.3 Å². The standard InChI is InChI=1S/C10H14N2S/c1-7-2-3-9(12-4-7)10(11)8-5-13-6-8/h2-4,8,10H,5-6,11H2,1H3. The number of nitrogens with zero attached hydrogens (tertiary/aromatic N) is 1. The Balaban J connectivity index is 2.10. The molecule has 3 heteroatoms. The Morgan fingerprint density at radius 2 is 2.31 bits per heavy atom. The van der Waals surface area contributed by atoms with E-state index in [2.05, 4.69) is 11.1 Å². The average Bonchev–Trinajstić information content (AvgIpc) is 2.02. The lowest BCUT2D eigenvalue weighted by Gasteiger charge is -2.30. The number of aryl methyl sites for hydroxylation is 1. The summed E-state index contributed by atoms with van der Waals surface area (Å²) in [6, 6.07) is 4.26. The second kappa shape index (κ2) is 3.68. The summed E-state index contributed by atoms with van der Waals surface area (Å²) in [4.78, 5) is 4.35. The number of thioether (sulfide) groups is 1. The van der Waals surface area contributed by atoms with Crippen LogP contribution in [0.3, 0.4) is 0 Å². The Morgan fingerprint density at radius 3 is 2.77 bits per heavy atom. The van der Waals surface area contributed by atoms with Gasteiger partial charge in [-0.05, 0) is 36.0 Å². The maximum Gasteiger partial charge on any atom is 0.0574 e. The molecule has 1 fully saturated rings. The van der Waals surface area contributed by atoms with E-state index in [1.165, 1.54) is 17.1 Å². The molecule has 0 amide bonds. The first kappa shape index (κ1) is 9.03. The van der Waals surface area contributed by atoms with Crippen LogP contribution in [-0.2, 0) is 0 Å². The highest BCUT2D eigenvalue weighted by Crippen LogP contribution is 2.33. The lowest BCUT2D eigenvalue weighted by molar-refractivity contribution is 0.497. The molecule has 1 unspecified atom stereocenters. The first-order valence-electron chi connectivity index (χ1n) is 4.53. The summed E-state index contributed by atoms with van der Waals surface area (Å²) in [5.74, 6) is 3.02. The van der Waals surface area contributed by atoms with Crippen LogP contribution in [-0.4, -0.2) is 16.5 Å². The van der Waals surface area contributed by atoms with Crippen molar-refractivity contribution in [2.45, 2.75) is 13.0 Å². The van der Waals surface area contributed by atoms with E-state index in [9.17, 15) is 0 Å². The van der Waals surface area contributed by atoms with Crippen molar-refractivity contribution in [3.8, 4) is 0 Å². The molecule has 0 aromatic carbocycles. The van der Waals surface area contributed by atoms with Crippen LogP contribution in [0.5, 0.6) is 0 Å². The molecule has 13 heavy (non-hydrogen) atoms. The van der Waals surface area contributed by atoms with Crippen LogP contribution < -0.4 is 5.73 Å². The van der Waals surface area contributed by atoms with Crippen molar-refractivity contribution in [1.29, 1.82) is 0 Å². The van der Waals surface area contributed by atoms with Gasteiger partial charge >= 0.3 is 0 Å². The van der Waals surface area contributed by atoms with Crippen LogP contribution in [0.4, 0.5) is 0 Å². The van der Waals surface area contributed by atoms with Crippen molar-refractivity contribution >= 4 is 11.8 Å². The zero-order chi connectivity index (χ0) is 9.26. The molecule has 1 aliphatic heterocycles. The van der Waals surface area contributed by atoms with Crippen molar-refractivity contribution in [1.82, 2.24) is 4.98 Å². The molecule has 1 aliphatic rings. The molecule has 2 nitrogen and oxygen atoms in total. The van der Waals surface area contributed by atoms with Gasteiger partial charge in [-0.15, -0.1) is 0 Å². The van der Waals surface area contributed by atoms with Crippen LogP contribution in [0.25, 0.3) is 0 Å². The van der Waals surface area contributed by atoms with Crippen molar-refractivity contribution in [2.75, 3.05) is 11.5 Å². The van der Waals surface area contributed by atoms with Gasteiger partial charge in [0.05, 0.1) is 11.7 Å². The van der Waals surface area contributed by atoms with E-state index in [1.807, 2.05) is 30.9 Å². The Hall–Kier alpha value is -0.540. The molecule has 0 saturated carbocycles. The summed E-state index contributed by atoms with van der Waals surface area (Å²) in [7, 11) is 0. The normalized spacial score (nSPS) is 19.5. The number of hydrogen-bond acceptors (Lipinski definition) is 3. The fourth-order valence-corrected chi connectivity index (χ4v) is 2.30. The minimum atomic E-state index is 0.141. The Labute approximate surface area is 82.9 Å². The molecule has 70 valence electrons. The second-order valence-electron chi connectivity index (χ2n) is 3.58. The molecule has 1 aromatic rings. The Bertz CT molecular complexity index is 279. The third-order valence-corrected chi connectivity index (χ3v) is 3.78. The molecule has 1 aromatic heterocycles. The van der Waals surface area contributed by atoms with Gasteiger partial charge in [-0.1, -0.05) is 6.07 Å². The minimum absolute atomic E-state index is 0.141. The molecular weight excluding hydrogens is 180 g/mol. The van der Waals surface area contributed by atoms with Gasteiger partial charge in [0, 0.05) is 6.20 Å². The van der Waals surface area contributed by atoms with Gasteiger partial charge in [0.25, 0.3) is 0 Å². The van der Waals surface area contributed by atoms with Crippen molar-refractivity contribution < 1.29 is 0 Å². The highest BCUT2D eigenvalue weighted by molar-refractivity contribution is 8.00. The van der Waals surface area contributed by atoms with Gasteiger partial charge in [0.2, 0.25) is 0 Å². The Morgan fingerprint density at radius 1 is 1.54 bits per heavy atom. The van der Waals surface area contributed by atoms with E-state index >= 15 is 0 Å². The van der Waals surface area contributed by atoms with E-state index in [4.69, 9.17) is 5.73 Å². The minimum Gasteiger partial charge on any atom is -0.322 e. The van der Waals surface area contributed by atoms with E-state index in [1.54, 1.807) is 0 Å². The highest BCUT2D eigenvalue weighted by Gasteiger charge is 2.26. The summed E-state index contributed by atoms with van der Waals surface area (Å²) in [5.41, 5.74) is 8.31. The van der Waals surface area contributed by atoms with Crippen molar-refractivity contribution in [3.05, 3.63) is 29.6 Å². The second-order valence-corrected chi connectivity index (χ2v) is 4.66. The van der Waals surface area contributed by atoms with Gasteiger partial charge in [0.1, 0.15) is 0 Å². The molecule has 0 bridgehead atoms. The molecule has 2 rings (SSSR count). The smallest absolute Gasteiger partial charge is 0.0574 e. The van der Waals surface area contributed by atoms with E-state index < -0.39 is 0 Å². The zero-order valence-electron chi connectivity index (χ0n) is 7.73. The topological polar surface area (TPSA) is 38.9 Å². The first-order valence-corrected chi connectivity index (χ1v) is 5.69. The van der Waals surface area contributed by atoms with Gasteiger partial charge in [-0.2, -0.15) is 11.8 Å². The lowest BCUT2D eigenvalue weighted by Crippen LogP contribution is -2.31. The highest BCUT2D eigenvalue weighted by atomic mass is 32.2. The summed E-state index contributed by atoms with van der Waals surface area (Å²) in [6.45, 7) is 2.04.